The summed E-state index contributed by atoms with van der Waals surface area (Å²) < 4.78 is 10.8. The fraction of sp³-hybridized carbons (Fsp3) is 0.474. The van der Waals surface area contributed by atoms with Crippen molar-refractivity contribution in [1.29, 1.82) is 0 Å². The van der Waals surface area contributed by atoms with Crippen LogP contribution in [-0.4, -0.2) is 61.9 Å². The number of carbonyl (C=O) groups is 1. The molecule has 146 valence electrons. The fourth-order valence-corrected chi connectivity index (χ4v) is 3.56. The van der Waals surface area contributed by atoms with Crippen molar-refractivity contribution in [2.45, 2.75) is 13.5 Å². The van der Waals surface area contributed by atoms with Crippen LogP contribution < -0.4 is 10.2 Å². The fourth-order valence-electron chi connectivity index (χ4n) is 2.87. The number of urea groups is 1. The molecule has 27 heavy (non-hydrogen) atoms. The third kappa shape index (κ3) is 5.92. The van der Waals surface area contributed by atoms with Crippen molar-refractivity contribution in [1.82, 2.24) is 9.88 Å². The molecule has 2 aromatic rings. The molecule has 1 aliphatic heterocycles. The Labute approximate surface area is 163 Å². The second-order valence-electron chi connectivity index (χ2n) is 6.17. The van der Waals surface area contributed by atoms with Crippen LogP contribution in [0, 0.1) is 0 Å². The van der Waals surface area contributed by atoms with Gasteiger partial charge < -0.3 is 24.6 Å². The van der Waals surface area contributed by atoms with Crippen molar-refractivity contribution in [2.75, 3.05) is 56.2 Å². The van der Waals surface area contributed by atoms with Gasteiger partial charge in [-0.05, 0) is 24.6 Å². The molecular weight excluding hydrogens is 364 g/mol. The minimum atomic E-state index is -0.0665. The molecule has 1 N–H and O–H groups in total. The highest BCUT2D eigenvalue weighted by Crippen LogP contribution is 2.19. The van der Waals surface area contributed by atoms with E-state index in [2.05, 4.69) is 15.2 Å². The number of piperazine rings is 1. The Balaban J connectivity index is 1.44. The van der Waals surface area contributed by atoms with E-state index in [0.29, 0.717) is 39.5 Å². The number of carbonyl (C=O) groups excluding carboxylic acids is 1. The topological polar surface area (TPSA) is 66.9 Å². The summed E-state index contributed by atoms with van der Waals surface area (Å²) in [6.07, 6.45) is 1.81. The van der Waals surface area contributed by atoms with Gasteiger partial charge in [0.2, 0.25) is 0 Å². The third-order valence-electron chi connectivity index (χ3n) is 4.28. The lowest BCUT2D eigenvalue weighted by molar-refractivity contribution is 0.0453. The Hall–Kier alpha value is -2.16. The van der Waals surface area contributed by atoms with Crippen LogP contribution in [0.4, 0.5) is 15.6 Å². The number of benzene rings is 1. The van der Waals surface area contributed by atoms with Gasteiger partial charge in [-0.15, -0.1) is 11.3 Å². The van der Waals surface area contributed by atoms with Gasteiger partial charge in [-0.2, -0.15) is 0 Å². The number of ether oxygens (including phenoxy) is 2. The third-order valence-corrected chi connectivity index (χ3v) is 5.11. The number of thiazole rings is 1. The Bertz CT molecular complexity index is 703. The molecule has 0 spiro atoms. The SMILES string of the molecule is CCOCCOCc1cccc(NC(=O)N2CCN(c3nccs3)CC2)c1. The average Bonchev–Trinajstić information content (AvgIpc) is 3.23. The van der Waals surface area contributed by atoms with Crippen LogP contribution in [0.5, 0.6) is 0 Å². The van der Waals surface area contributed by atoms with Crippen LogP contribution in [0.2, 0.25) is 0 Å². The van der Waals surface area contributed by atoms with E-state index >= 15 is 0 Å². The monoisotopic (exact) mass is 390 g/mol. The lowest BCUT2D eigenvalue weighted by atomic mass is 10.2. The van der Waals surface area contributed by atoms with Crippen molar-refractivity contribution in [3.05, 3.63) is 41.4 Å². The van der Waals surface area contributed by atoms with Crippen LogP contribution in [0.25, 0.3) is 0 Å². The molecule has 0 aliphatic carbocycles. The normalized spacial score (nSPS) is 14.4. The van der Waals surface area contributed by atoms with Crippen molar-refractivity contribution >= 4 is 28.2 Å². The Morgan fingerprint density at radius 2 is 2.04 bits per heavy atom. The largest absolute Gasteiger partial charge is 0.379 e. The minimum absolute atomic E-state index is 0.0665. The molecule has 1 aromatic heterocycles. The maximum atomic E-state index is 12.5. The first-order chi connectivity index (χ1) is 13.3. The van der Waals surface area contributed by atoms with Gasteiger partial charge in [-0.25, -0.2) is 9.78 Å². The molecule has 8 heteroatoms. The van der Waals surface area contributed by atoms with E-state index in [4.69, 9.17) is 9.47 Å². The molecule has 3 rings (SSSR count). The van der Waals surface area contributed by atoms with E-state index in [1.54, 1.807) is 11.3 Å². The highest BCUT2D eigenvalue weighted by Gasteiger charge is 2.22. The second-order valence-corrected chi connectivity index (χ2v) is 7.04. The number of amides is 2. The quantitative estimate of drug-likeness (QED) is 0.702. The van der Waals surface area contributed by atoms with E-state index in [1.807, 2.05) is 47.7 Å². The number of hydrogen-bond donors (Lipinski definition) is 1. The van der Waals surface area contributed by atoms with Crippen LogP contribution in [0.1, 0.15) is 12.5 Å². The standard InChI is InChI=1S/C19H26N4O3S/c1-2-25-11-12-26-15-16-4-3-5-17(14-16)21-18(24)22-7-9-23(10-8-22)19-20-6-13-27-19/h3-6,13-14H,2,7-12,15H2,1H3,(H,21,24). The summed E-state index contributed by atoms with van der Waals surface area (Å²) >= 11 is 1.63. The first kappa shape index (κ1) is 19.6. The molecule has 0 radical (unpaired) electrons. The van der Waals surface area contributed by atoms with E-state index < -0.39 is 0 Å². The van der Waals surface area contributed by atoms with Crippen LogP contribution in [0.3, 0.4) is 0 Å². The van der Waals surface area contributed by atoms with Crippen molar-refractivity contribution in [3.8, 4) is 0 Å². The van der Waals surface area contributed by atoms with Crippen LogP contribution in [-0.2, 0) is 16.1 Å². The van der Waals surface area contributed by atoms with E-state index in [-0.39, 0.29) is 6.03 Å². The highest BCUT2D eigenvalue weighted by molar-refractivity contribution is 7.13. The summed E-state index contributed by atoms with van der Waals surface area (Å²) in [7, 11) is 0. The molecule has 7 nitrogen and oxygen atoms in total. The zero-order chi connectivity index (χ0) is 18.9. The van der Waals surface area contributed by atoms with Crippen LogP contribution >= 0.6 is 11.3 Å². The summed E-state index contributed by atoms with van der Waals surface area (Å²) in [6.45, 7) is 7.30. The predicted molar refractivity (Wildman–Crippen MR) is 108 cm³/mol. The summed E-state index contributed by atoms with van der Waals surface area (Å²) in [5, 5.41) is 5.98. The Morgan fingerprint density at radius 1 is 1.22 bits per heavy atom. The Morgan fingerprint density at radius 3 is 2.78 bits per heavy atom. The highest BCUT2D eigenvalue weighted by atomic mass is 32.1. The molecule has 0 atom stereocenters. The maximum Gasteiger partial charge on any atom is 0.321 e. The van der Waals surface area contributed by atoms with Crippen molar-refractivity contribution in [2.24, 2.45) is 0 Å². The first-order valence-electron chi connectivity index (χ1n) is 9.21. The molecule has 2 amide bonds. The molecule has 0 unspecified atom stereocenters. The number of nitrogens with zero attached hydrogens (tertiary/aromatic N) is 3. The number of anilines is 2. The van der Waals surface area contributed by atoms with Gasteiger partial charge in [-0.3, -0.25) is 0 Å². The summed E-state index contributed by atoms with van der Waals surface area (Å²) in [4.78, 5) is 20.9. The van der Waals surface area contributed by atoms with E-state index in [0.717, 1.165) is 29.5 Å². The number of nitrogens with one attached hydrogen (secondary N) is 1. The van der Waals surface area contributed by atoms with Crippen LogP contribution in [0.15, 0.2) is 35.8 Å². The molecule has 0 saturated carbocycles. The number of aromatic nitrogens is 1. The Kier molecular flexibility index (Phi) is 7.44. The zero-order valence-electron chi connectivity index (χ0n) is 15.6. The molecule has 2 heterocycles. The van der Waals surface area contributed by atoms with Gasteiger partial charge in [0.1, 0.15) is 0 Å². The van der Waals surface area contributed by atoms with E-state index in [1.165, 1.54) is 0 Å². The number of rotatable bonds is 8. The summed E-state index contributed by atoms with van der Waals surface area (Å²) in [5.41, 5.74) is 1.81. The number of hydrogen-bond acceptors (Lipinski definition) is 6. The predicted octanol–water partition coefficient (Wildman–Crippen LogP) is 3.05. The molecule has 0 bridgehead atoms. The maximum absolute atomic E-state index is 12.5. The van der Waals surface area contributed by atoms with Crippen molar-refractivity contribution < 1.29 is 14.3 Å². The molecule has 1 aliphatic rings. The van der Waals surface area contributed by atoms with Gasteiger partial charge in [0.25, 0.3) is 0 Å². The van der Waals surface area contributed by atoms with Gasteiger partial charge in [-0.1, -0.05) is 12.1 Å². The smallest absolute Gasteiger partial charge is 0.321 e. The van der Waals surface area contributed by atoms with Gasteiger partial charge in [0, 0.05) is 50.1 Å². The summed E-state index contributed by atoms with van der Waals surface area (Å²) in [5.74, 6) is 0. The first-order valence-corrected chi connectivity index (χ1v) is 10.1. The molecule has 1 fully saturated rings. The lowest BCUT2D eigenvalue weighted by Gasteiger charge is -2.34. The van der Waals surface area contributed by atoms with Gasteiger partial charge >= 0.3 is 6.03 Å². The minimum Gasteiger partial charge on any atom is -0.379 e. The van der Waals surface area contributed by atoms with Crippen molar-refractivity contribution in [3.63, 3.8) is 0 Å². The van der Waals surface area contributed by atoms with Gasteiger partial charge in [0.15, 0.2) is 5.13 Å². The second kappa shape index (κ2) is 10.2. The molecule has 1 saturated heterocycles. The van der Waals surface area contributed by atoms with Gasteiger partial charge in [0.05, 0.1) is 19.8 Å². The molecule has 1 aromatic carbocycles. The zero-order valence-corrected chi connectivity index (χ0v) is 16.4. The molecular formula is C19H26N4O3S. The lowest BCUT2D eigenvalue weighted by Crippen LogP contribution is -2.50. The average molecular weight is 391 g/mol. The van der Waals surface area contributed by atoms with E-state index in [9.17, 15) is 4.79 Å². The summed E-state index contributed by atoms with van der Waals surface area (Å²) in [6, 6.07) is 7.70.